The molecule has 18 heavy (non-hydrogen) atoms. The summed E-state index contributed by atoms with van der Waals surface area (Å²) in [6, 6.07) is 5.41. The highest BCUT2D eigenvalue weighted by Crippen LogP contribution is 2.28. The molecule has 1 aromatic heterocycles. The quantitative estimate of drug-likeness (QED) is 0.910. The Hall–Kier alpha value is -1.03. The van der Waals surface area contributed by atoms with Gasteiger partial charge in [-0.05, 0) is 38.5 Å². The Kier molecular flexibility index (Phi) is 3.66. The van der Waals surface area contributed by atoms with E-state index in [1.54, 1.807) is 17.7 Å². The molecular formula is C13H14Cl2N2O. The number of nitrogens with zero attached hydrogens (tertiary/aromatic N) is 2. The minimum atomic E-state index is -0.541. The molecule has 0 spiro atoms. The van der Waals surface area contributed by atoms with Crippen molar-refractivity contribution in [1.29, 1.82) is 0 Å². The van der Waals surface area contributed by atoms with E-state index >= 15 is 0 Å². The van der Waals surface area contributed by atoms with Crippen molar-refractivity contribution in [3.05, 3.63) is 45.2 Å². The Balaban J connectivity index is 2.54. The van der Waals surface area contributed by atoms with Gasteiger partial charge in [0.1, 0.15) is 0 Å². The van der Waals surface area contributed by atoms with Crippen molar-refractivity contribution in [3.8, 4) is 5.69 Å². The highest BCUT2D eigenvalue weighted by molar-refractivity contribution is 6.33. The van der Waals surface area contributed by atoms with Crippen molar-refractivity contribution in [1.82, 2.24) is 9.78 Å². The minimum absolute atomic E-state index is 0.538. The summed E-state index contributed by atoms with van der Waals surface area (Å²) in [4.78, 5) is 0. The molecule has 0 aliphatic carbocycles. The van der Waals surface area contributed by atoms with Crippen LogP contribution in [-0.4, -0.2) is 14.9 Å². The summed E-state index contributed by atoms with van der Waals surface area (Å²) in [5, 5.41) is 15.0. The average Bonchev–Trinajstić information content (AvgIpc) is 2.57. The van der Waals surface area contributed by atoms with Gasteiger partial charge in [0.25, 0.3) is 0 Å². The van der Waals surface area contributed by atoms with Gasteiger partial charge < -0.3 is 5.11 Å². The Morgan fingerprint density at radius 2 is 1.94 bits per heavy atom. The monoisotopic (exact) mass is 284 g/mol. The van der Waals surface area contributed by atoms with Gasteiger partial charge in [-0.1, -0.05) is 29.3 Å². The van der Waals surface area contributed by atoms with Crippen LogP contribution in [0.1, 0.15) is 30.0 Å². The van der Waals surface area contributed by atoms with Gasteiger partial charge in [0.2, 0.25) is 0 Å². The Labute approximate surface area is 116 Å². The largest absolute Gasteiger partial charge is 0.389 e. The van der Waals surface area contributed by atoms with E-state index < -0.39 is 6.10 Å². The molecule has 5 heteroatoms. The van der Waals surface area contributed by atoms with Crippen molar-refractivity contribution in [2.75, 3.05) is 0 Å². The maximum atomic E-state index is 9.51. The summed E-state index contributed by atoms with van der Waals surface area (Å²) in [7, 11) is 0. The number of hydrogen-bond donors (Lipinski definition) is 1. The summed E-state index contributed by atoms with van der Waals surface area (Å²) < 4.78 is 1.71. The average molecular weight is 285 g/mol. The SMILES string of the molecule is Cc1nn(-c2ccc([C@@H](C)O)cc2Cl)c(C)c1Cl. The summed E-state index contributed by atoms with van der Waals surface area (Å²) in [5.41, 5.74) is 3.15. The fourth-order valence-corrected chi connectivity index (χ4v) is 2.20. The molecule has 1 heterocycles. The second-order valence-electron chi connectivity index (χ2n) is 4.28. The van der Waals surface area contributed by atoms with Crippen LogP contribution in [0.5, 0.6) is 0 Å². The molecule has 1 atom stereocenters. The van der Waals surface area contributed by atoms with Crippen molar-refractivity contribution in [2.45, 2.75) is 26.9 Å². The number of aryl methyl sites for hydroxylation is 1. The van der Waals surface area contributed by atoms with Crippen molar-refractivity contribution < 1.29 is 5.11 Å². The zero-order valence-corrected chi connectivity index (χ0v) is 11.9. The maximum absolute atomic E-state index is 9.51. The molecule has 0 unspecified atom stereocenters. The lowest BCUT2D eigenvalue weighted by Crippen LogP contribution is -2.01. The third-order valence-corrected chi connectivity index (χ3v) is 3.74. The third kappa shape index (κ3) is 2.26. The van der Waals surface area contributed by atoms with Crippen LogP contribution in [0.2, 0.25) is 10.0 Å². The molecule has 0 amide bonds. The number of halogens is 2. The van der Waals surface area contributed by atoms with Gasteiger partial charge >= 0.3 is 0 Å². The van der Waals surface area contributed by atoms with Gasteiger partial charge in [0, 0.05) is 0 Å². The van der Waals surface area contributed by atoms with Gasteiger partial charge in [-0.25, -0.2) is 4.68 Å². The lowest BCUT2D eigenvalue weighted by Gasteiger charge is -2.10. The van der Waals surface area contributed by atoms with Crippen LogP contribution >= 0.6 is 23.2 Å². The van der Waals surface area contributed by atoms with E-state index in [4.69, 9.17) is 23.2 Å². The van der Waals surface area contributed by atoms with Crippen molar-refractivity contribution >= 4 is 23.2 Å². The van der Waals surface area contributed by atoms with E-state index in [9.17, 15) is 5.11 Å². The van der Waals surface area contributed by atoms with Crippen LogP contribution in [0, 0.1) is 13.8 Å². The molecule has 0 fully saturated rings. The van der Waals surface area contributed by atoms with E-state index in [1.807, 2.05) is 26.0 Å². The molecule has 0 saturated carbocycles. The van der Waals surface area contributed by atoms with Crippen molar-refractivity contribution in [3.63, 3.8) is 0 Å². The van der Waals surface area contributed by atoms with Crippen LogP contribution in [0.25, 0.3) is 5.69 Å². The van der Waals surface area contributed by atoms with Gasteiger partial charge in [0.15, 0.2) is 0 Å². The molecule has 2 rings (SSSR count). The Bertz CT molecular complexity index is 591. The first kappa shape index (κ1) is 13.4. The lowest BCUT2D eigenvalue weighted by atomic mass is 10.1. The Morgan fingerprint density at radius 3 is 2.39 bits per heavy atom. The van der Waals surface area contributed by atoms with Crippen LogP contribution in [0.3, 0.4) is 0 Å². The lowest BCUT2D eigenvalue weighted by molar-refractivity contribution is 0.199. The normalized spacial score (nSPS) is 12.8. The van der Waals surface area contributed by atoms with E-state index in [0.29, 0.717) is 10.0 Å². The number of hydrogen-bond acceptors (Lipinski definition) is 2. The molecule has 1 aromatic carbocycles. The van der Waals surface area contributed by atoms with E-state index in [0.717, 1.165) is 22.6 Å². The van der Waals surface area contributed by atoms with Crippen LogP contribution in [-0.2, 0) is 0 Å². The number of aromatic nitrogens is 2. The number of rotatable bonds is 2. The van der Waals surface area contributed by atoms with Crippen LogP contribution < -0.4 is 0 Å². The molecule has 1 N–H and O–H groups in total. The number of aliphatic hydroxyl groups is 1. The van der Waals surface area contributed by atoms with Crippen molar-refractivity contribution in [2.24, 2.45) is 0 Å². The zero-order valence-electron chi connectivity index (χ0n) is 10.4. The van der Waals surface area contributed by atoms with Gasteiger partial charge in [-0.15, -0.1) is 0 Å². The van der Waals surface area contributed by atoms with E-state index in [2.05, 4.69) is 5.10 Å². The summed E-state index contributed by atoms with van der Waals surface area (Å²) in [6.07, 6.45) is -0.541. The first-order valence-corrected chi connectivity index (χ1v) is 6.37. The standard InChI is InChI=1S/C13H14Cl2N2O/c1-7-13(15)8(2)17(16-7)12-5-4-10(9(3)18)6-11(12)14/h4-6,9,18H,1-3H3/t9-/m1/s1. The fourth-order valence-electron chi connectivity index (χ4n) is 1.81. The molecule has 0 radical (unpaired) electrons. The molecule has 0 saturated heterocycles. The summed E-state index contributed by atoms with van der Waals surface area (Å²) in [5.74, 6) is 0. The molecule has 0 bridgehead atoms. The molecule has 96 valence electrons. The topological polar surface area (TPSA) is 38.0 Å². The first-order chi connectivity index (χ1) is 8.41. The van der Waals surface area contributed by atoms with Crippen LogP contribution in [0.15, 0.2) is 18.2 Å². The molecule has 0 aliphatic heterocycles. The highest BCUT2D eigenvalue weighted by atomic mass is 35.5. The molecule has 2 aromatic rings. The molecule has 3 nitrogen and oxygen atoms in total. The van der Waals surface area contributed by atoms with E-state index in [-0.39, 0.29) is 0 Å². The smallest absolute Gasteiger partial charge is 0.0848 e. The van der Waals surface area contributed by atoms with Gasteiger partial charge in [0.05, 0.1) is 33.2 Å². The fraction of sp³-hybridized carbons (Fsp3) is 0.308. The first-order valence-electron chi connectivity index (χ1n) is 5.61. The zero-order chi connectivity index (χ0) is 13.4. The predicted octanol–water partition coefficient (Wildman–Crippen LogP) is 3.85. The van der Waals surface area contributed by atoms with Crippen LogP contribution in [0.4, 0.5) is 0 Å². The Morgan fingerprint density at radius 1 is 1.28 bits per heavy atom. The van der Waals surface area contributed by atoms with E-state index in [1.165, 1.54) is 0 Å². The second-order valence-corrected chi connectivity index (χ2v) is 5.07. The summed E-state index contributed by atoms with van der Waals surface area (Å²) in [6.45, 7) is 5.44. The minimum Gasteiger partial charge on any atom is -0.389 e. The maximum Gasteiger partial charge on any atom is 0.0848 e. The molecule has 0 aliphatic rings. The third-order valence-electron chi connectivity index (χ3n) is 2.89. The number of aliphatic hydroxyl groups excluding tert-OH is 1. The predicted molar refractivity (Wildman–Crippen MR) is 73.7 cm³/mol. The van der Waals surface area contributed by atoms with Gasteiger partial charge in [-0.3, -0.25) is 0 Å². The van der Waals surface area contributed by atoms with Gasteiger partial charge in [-0.2, -0.15) is 5.10 Å². The number of benzene rings is 1. The second kappa shape index (κ2) is 4.92. The molecular weight excluding hydrogens is 271 g/mol. The highest BCUT2D eigenvalue weighted by Gasteiger charge is 2.14. The summed E-state index contributed by atoms with van der Waals surface area (Å²) >= 11 is 12.3.